The maximum atomic E-state index is 11.6. The second-order valence-corrected chi connectivity index (χ2v) is 7.22. The number of thiazole rings is 1. The molecule has 1 aromatic carbocycles. The fourth-order valence-electron chi connectivity index (χ4n) is 2.29. The number of ether oxygens (including phenoxy) is 2. The van der Waals surface area contributed by atoms with Gasteiger partial charge in [-0.05, 0) is 24.3 Å². The largest absolute Gasteiger partial charge is 0.495 e. The zero-order valence-corrected chi connectivity index (χ0v) is 18.2. The van der Waals surface area contributed by atoms with Gasteiger partial charge in [-0.25, -0.2) is 4.98 Å². The van der Waals surface area contributed by atoms with Crippen LogP contribution in [0, 0.1) is 10.1 Å². The number of rotatable bonds is 11. The molecule has 32 heavy (non-hydrogen) atoms. The van der Waals surface area contributed by atoms with E-state index in [0.717, 1.165) is 17.5 Å². The molecule has 2 aromatic rings. The van der Waals surface area contributed by atoms with E-state index >= 15 is 0 Å². The normalized spacial score (nSPS) is 10.6. The van der Waals surface area contributed by atoms with Crippen LogP contribution >= 0.6 is 11.3 Å². The number of azo groups is 1. The van der Waals surface area contributed by atoms with Gasteiger partial charge in [0.25, 0.3) is 0 Å². The first-order valence-electron chi connectivity index (χ1n) is 9.10. The van der Waals surface area contributed by atoms with Gasteiger partial charge >= 0.3 is 11.0 Å². The minimum Gasteiger partial charge on any atom is -0.495 e. The quantitative estimate of drug-likeness (QED) is 0.218. The number of aromatic nitrogens is 1. The molecule has 13 nitrogen and oxygen atoms in total. The molecular formula is C18H20N6O7S. The van der Waals surface area contributed by atoms with Crippen LogP contribution < -0.4 is 15.4 Å². The average molecular weight is 464 g/mol. The summed E-state index contributed by atoms with van der Waals surface area (Å²) in [5.74, 6) is -0.827. The Balaban J connectivity index is 2.20. The van der Waals surface area contributed by atoms with Crippen molar-refractivity contribution in [2.75, 3.05) is 30.9 Å². The first-order chi connectivity index (χ1) is 15.2. The third-order valence-corrected chi connectivity index (χ3v) is 4.45. The summed E-state index contributed by atoms with van der Waals surface area (Å²) in [6.07, 6.45) is 1.07. The maximum Gasteiger partial charge on any atom is 0.345 e. The Bertz CT molecular complexity index is 1050. The van der Waals surface area contributed by atoms with Crippen LogP contribution in [0.3, 0.4) is 0 Å². The number of amides is 1. The molecule has 0 aliphatic carbocycles. The summed E-state index contributed by atoms with van der Waals surface area (Å²) in [6, 6.07) is 3.03. The summed E-state index contributed by atoms with van der Waals surface area (Å²) < 4.78 is 10.1. The van der Waals surface area contributed by atoms with E-state index in [4.69, 9.17) is 9.47 Å². The summed E-state index contributed by atoms with van der Waals surface area (Å²) in [5, 5.41) is 24.2. The summed E-state index contributed by atoms with van der Waals surface area (Å²) in [7, 11) is 1.42. The molecule has 2 N–H and O–H groups in total. The van der Waals surface area contributed by atoms with Gasteiger partial charge in [0.2, 0.25) is 11.0 Å². The Morgan fingerprint density at radius 1 is 1.22 bits per heavy atom. The summed E-state index contributed by atoms with van der Waals surface area (Å²) in [5.41, 5.74) is 0.968. The highest BCUT2D eigenvalue weighted by Gasteiger charge is 2.14. The molecule has 1 heterocycles. The number of ketones is 1. The molecule has 0 aliphatic heterocycles. The molecule has 0 bridgehead atoms. The number of nitrogens with zero attached hydrogens (tertiary/aromatic N) is 4. The molecule has 14 heteroatoms. The molecule has 0 spiro atoms. The van der Waals surface area contributed by atoms with Crippen LogP contribution in [0.4, 0.5) is 27.2 Å². The molecule has 0 unspecified atom stereocenters. The number of carbonyl (C=O) groups excluding carboxylic acids is 3. The topological polar surface area (TPSA) is 174 Å². The van der Waals surface area contributed by atoms with Gasteiger partial charge in [0, 0.05) is 19.5 Å². The molecular weight excluding hydrogens is 444 g/mol. The van der Waals surface area contributed by atoms with Crippen LogP contribution in [-0.4, -0.2) is 47.8 Å². The van der Waals surface area contributed by atoms with E-state index in [9.17, 15) is 24.5 Å². The smallest absolute Gasteiger partial charge is 0.345 e. The van der Waals surface area contributed by atoms with Gasteiger partial charge in [0.15, 0.2) is 5.78 Å². The first-order valence-corrected chi connectivity index (χ1v) is 9.91. The third-order valence-electron chi connectivity index (χ3n) is 3.61. The Morgan fingerprint density at radius 3 is 2.56 bits per heavy atom. The number of benzene rings is 1. The average Bonchev–Trinajstić information content (AvgIpc) is 3.20. The third kappa shape index (κ3) is 7.39. The van der Waals surface area contributed by atoms with Crippen LogP contribution in [0.5, 0.6) is 5.75 Å². The van der Waals surface area contributed by atoms with Crippen LogP contribution in [0.15, 0.2) is 28.6 Å². The Kier molecular flexibility index (Phi) is 8.71. The van der Waals surface area contributed by atoms with Crippen LogP contribution in [0.2, 0.25) is 0 Å². The minimum atomic E-state index is -0.585. The van der Waals surface area contributed by atoms with E-state index in [1.54, 1.807) is 6.07 Å². The number of carbonyl (C=O) groups is 3. The number of esters is 1. The summed E-state index contributed by atoms with van der Waals surface area (Å²) in [4.78, 5) is 48.1. The van der Waals surface area contributed by atoms with Gasteiger partial charge in [-0.1, -0.05) is 0 Å². The van der Waals surface area contributed by atoms with E-state index in [1.165, 1.54) is 27.0 Å². The molecule has 1 aromatic heterocycles. The molecule has 0 saturated carbocycles. The van der Waals surface area contributed by atoms with Crippen molar-refractivity contribution in [3.05, 3.63) is 28.4 Å². The Hall–Kier alpha value is -3.94. The first kappa shape index (κ1) is 24.3. The summed E-state index contributed by atoms with van der Waals surface area (Å²) >= 11 is 0.746. The molecule has 1 amide bonds. The molecule has 0 saturated heterocycles. The van der Waals surface area contributed by atoms with Gasteiger partial charge in [-0.3, -0.25) is 24.5 Å². The number of methoxy groups -OCH3 is 1. The molecule has 0 aliphatic rings. The fourth-order valence-corrected chi connectivity index (χ4v) is 2.84. The van der Waals surface area contributed by atoms with Crippen molar-refractivity contribution >= 4 is 56.2 Å². The van der Waals surface area contributed by atoms with Gasteiger partial charge < -0.3 is 20.1 Å². The van der Waals surface area contributed by atoms with E-state index in [-0.39, 0.29) is 52.8 Å². The zero-order valence-electron chi connectivity index (χ0n) is 17.4. The van der Waals surface area contributed by atoms with Gasteiger partial charge in [0.05, 0.1) is 29.8 Å². The van der Waals surface area contributed by atoms with E-state index < -0.39 is 10.9 Å². The lowest BCUT2D eigenvalue weighted by molar-refractivity contribution is -0.380. The Morgan fingerprint density at radius 2 is 1.97 bits per heavy atom. The Labute approximate surface area is 186 Å². The monoisotopic (exact) mass is 464 g/mol. The lowest BCUT2D eigenvalue weighted by Gasteiger charge is -2.15. The van der Waals surface area contributed by atoms with Crippen molar-refractivity contribution in [1.29, 1.82) is 0 Å². The zero-order chi connectivity index (χ0) is 23.7. The van der Waals surface area contributed by atoms with Crippen molar-refractivity contribution in [2.24, 2.45) is 10.2 Å². The predicted molar refractivity (Wildman–Crippen MR) is 115 cm³/mol. The van der Waals surface area contributed by atoms with Crippen LogP contribution in [-0.2, 0) is 19.1 Å². The van der Waals surface area contributed by atoms with Crippen molar-refractivity contribution in [3.63, 3.8) is 0 Å². The van der Waals surface area contributed by atoms with E-state index in [2.05, 4.69) is 25.8 Å². The lowest BCUT2D eigenvalue weighted by atomic mass is 10.2. The van der Waals surface area contributed by atoms with Crippen molar-refractivity contribution < 1.29 is 28.8 Å². The molecule has 0 atom stereocenters. The van der Waals surface area contributed by atoms with E-state index in [1.807, 2.05) is 0 Å². The number of hydrogen-bond donors (Lipinski definition) is 2. The molecule has 0 radical (unpaired) electrons. The van der Waals surface area contributed by atoms with Crippen molar-refractivity contribution in [2.45, 2.75) is 20.3 Å². The minimum absolute atomic E-state index is 0.00378. The maximum absolute atomic E-state index is 11.6. The number of nitrogens with one attached hydrogen (secondary N) is 2. The number of anilines is 2. The number of Topliss-reactive ketones (excluding diaryl/α,β-unsaturated/α-hetero) is 1. The number of hydrogen-bond acceptors (Lipinski definition) is 12. The molecule has 2 rings (SSSR count). The SMILES string of the molecule is COc1cc(N=Nc2ncc([N+](=O)[O-])s2)c(NC(C)=O)cc1NCCC(=O)OCC(C)=O. The highest BCUT2D eigenvalue weighted by molar-refractivity contribution is 7.18. The molecule has 170 valence electrons. The van der Waals surface area contributed by atoms with Crippen molar-refractivity contribution in [1.82, 2.24) is 4.98 Å². The fraction of sp³-hybridized carbons (Fsp3) is 0.333. The molecule has 0 fully saturated rings. The van der Waals surface area contributed by atoms with Crippen LogP contribution in [0.25, 0.3) is 0 Å². The van der Waals surface area contributed by atoms with Gasteiger partial charge in [0.1, 0.15) is 24.2 Å². The van der Waals surface area contributed by atoms with Crippen molar-refractivity contribution in [3.8, 4) is 5.75 Å². The second kappa shape index (κ2) is 11.5. The van der Waals surface area contributed by atoms with Gasteiger partial charge in [-0.15, -0.1) is 10.2 Å². The lowest BCUT2D eigenvalue weighted by Crippen LogP contribution is -2.15. The van der Waals surface area contributed by atoms with Gasteiger partial charge in [-0.2, -0.15) is 0 Å². The number of nitro groups is 1. The predicted octanol–water partition coefficient (Wildman–Crippen LogP) is 3.37. The standard InChI is InChI=1S/C18H20N6O7S/c1-10(25)9-31-17(27)4-5-19-14-6-12(21-11(2)26)13(7-15(14)30-3)22-23-18-20-8-16(32-18)24(28)29/h6-8,19H,4-5,9H2,1-3H3,(H,21,26). The highest BCUT2D eigenvalue weighted by atomic mass is 32.1. The second-order valence-electron chi connectivity index (χ2n) is 6.23. The summed E-state index contributed by atoms with van der Waals surface area (Å²) in [6.45, 7) is 2.52. The van der Waals surface area contributed by atoms with Crippen LogP contribution in [0.1, 0.15) is 20.3 Å². The van der Waals surface area contributed by atoms with E-state index in [0.29, 0.717) is 11.4 Å². The highest BCUT2D eigenvalue weighted by Crippen LogP contribution is 2.38.